The van der Waals surface area contributed by atoms with Gasteiger partial charge in [0, 0.05) is 18.2 Å². The van der Waals surface area contributed by atoms with Crippen LogP contribution in [0.4, 0.5) is 0 Å². The first kappa shape index (κ1) is 7.70. The van der Waals surface area contributed by atoms with E-state index in [9.17, 15) is 0 Å². The minimum absolute atomic E-state index is 0.172. The van der Waals surface area contributed by atoms with Gasteiger partial charge in [0.15, 0.2) is 0 Å². The lowest BCUT2D eigenvalue weighted by Crippen LogP contribution is -2.05. The highest BCUT2D eigenvalue weighted by Gasteiger charge is 2.22. The molecule has 1 aliphatic rings. The van der Waals surface area contributed by atoms with E-state index >= 15 is 0 Å². The lowest BCUT2D eigenvalue weighted by molar-refractivity contribution is -0.183. The highest BCUT2D eigenvalue weighted by molar-refractivity contribution is 6.30. The molecule has 0 saturated carbocycles. The van der Waals surface area contributed by atoms with Crippen molar-refractivity contribution in [1.29, 1.82) is 0 Å². The summed E-state index contributed by atoms with van der Waals surface area (Å²) in [5.74, 6) is 0.948. The van der Waals surface area contributed by atoms with E-state index in [0.717, 1.165) is 11.4 Å². The molecule has 1 aliphatic heterocycles. The summed E-state index contributed by atoms with van der Waals surface area (Å²) < 4.78 is 0. The number of aromatic nitrogens is 2. The summed E-state index contributed by atoms with van der Waals surface area (Å²) in [6.07, 6.45) is 3.59. The summed E-state index contributed by atoms with van der Waals surface area (Å²) in [4.78, 5) is 17.6. The van der Waals surface area contributed by atoms with Crippen LogP contribution in [-0.2, 0) is 9.69 Å². The van der Waals surface area contributed by atoms with Crippen LogP contribution in [0.1, 0.15) is 17.2 Å². The van der Waals surface area contributed by atoms with Crippen LogP contribution in [0.15, 0.2) is 12.4 Å². The summed E-state index contributed by atoms with van der Waals surface area (Å²) in [6, 6.07) is 0. The highest BCUT2D eigenvalue weighted by atomic mass is 17.2. The van der Waals surface area contributed by atoms with E-state index in [1.807, 2.05) is 6.92 Å². The predicted molar refractivity (Wildman–Crippen MR) is 42.3 cm³/mol. The molecule has 5 heteroatoms. The van der Waals surface area contributed by atoms with Gasteiger partial charge in [-0.25, -0.2) is 9.97 Å². The number of aryl methyl sites for hydroxylation is 1. The van der Waals surface area contributed by atoms with Gasteiger partial charge in [-0.3, -0.25) is 4.89 Å². The Bertz CT molecular complexity index is 259. The molecule has 12 heavy (non-hydrogen) atoms. The lowest BCUT2D eigenvalue weighted by atomic mass is 9.78. The van der Waals surface area contributed by atoms with Crippen molar-refractivity contribution in [2.24, 2.45) is 0 Å². The van der Waals surface area contributed by atoms with Gasteiger partial charge in [0.05, 0.1) is 6.61 Å². The van der Waals surface area contributed by atoms with E-state index in [1.54, 1.807) is 19.9 Å². The van der Waals surface area contributed by atoms with Crippen LogP contribution < -0.4 is 0 Å². The third-order valence-electron chi connectivity index (χ3n) is 1.76. The van der Waals surface area contributed by atoms with Gasteiger partial charge in [-0.1, -0.05) is 0 Å². The molecule has 2 heterocycles. The first-order valence-electron chi connectivity index (χ1n) is 3.76. The van der Waals surface area contributed by atoms with E-state index in [1.165, 1.54) is 0 Å². The zero-order valence-corrected chi connectivity index (χ0v) is 6.73. The molecule has 1 unspecified atom stereocenters. The maximum atomic E-state index is 4.73. The molecule has 1 radical (unpaired) electrons. The van der Waals surface area contributed by atoms with Crippen LogP contribution >= 0.6 is 0 Å². The zero-order valence-electron chi connectivity index (χ0n) is 6.73. The summed E-state index contributed by atoms with van der Waals surface area (Å²) in [6.45, 7) is 2.40. The summed E-state index contributed by atoms with van der Waals surface area (Å²) in [5.41, 5.74) is 1.03. The number of hydrogen-bond acceptors (Lipinski definition) is 4. The normalized spacial score (nSPS) is 22.2. The average molecular weight is 163 g/mol. The van der Waals surface area contributed by atoms with Crippen LogP contribution in [0, 0.1) is 6.92 Å². The summed E-state index contributed by atoms with van der Waals surface area (Å²) >= 11 is 0. The van der Waals surface area contributed by atoms with Gasteiger partial charge in [-0.15, -0.1) is 0 Å². The Labute approximate surface area is 71.1 Å². The minimum atomic E-state index is 0.172. The second kappa shape index (κ2) is 3.20. The molecule has 1 aromatic rings. The second-order valence-corrected chi connectivity index (χ2v) is 2.69. The van der Waals surface area contributed by atoms with Crippen LogP contribution in [-0.4, -0.2) is 24.1 Å². The maximum absolute atomic E-state index is 4.73. The van der Waals surface area contributed by atoms with Crippen LogP contribution in [0.5, 0.6) is 0 Å². The van der Waals surface area contributed by atoms with Crippen LogP contribution in [0.2, 0.25) is 0 Å². The molecule has 1 saturated heterocycles. The van der Waals surface area contributed by atoms with Crippen molar-refractivity contribution in [3.05, 3.63) is 23.8 Å². The van der Waals surface area contributed by atoms with Gasteiger partial charge in [0.2, 0.25) is 0 Å². The van der Waals surface area contributed by atoms with Gasteiger partial charge >= 0.3 is 7.48 Å². The van der Waals surface area contributed by atoms with Crippen molar-refractivity contribution in [2.45, 2.75) is 12.7 Å². The van der Waals surface area contributed by atoms with Gasteiger partial charge in [0.1, 0.15) is 5.82 Å². The Morgan fingerprint density at radius 1 is 1.50 bits per heavy atom. The average Bonchev–Trinajstić information content (AvgIpc) is 2.58. The fourth-order valence-corrected chi connectivity index (χ4v) is 1.03. The zero-order chi connectivity index (χ0) is 8.39. The standard InChI is InChI=1S/C7H8BN2O2/c1-5-9-2-6(3-10-5)7-4-11-12-8-7/h2-3,7H,4H2,1H3. The molecule has 0 bridgehead atoms. The van der Waals surface area contributed by atoms with Crippen molar-refractivity contribution in [2.75, 3.05) is 6.61 Å². The molecule has 1 fully saturated rings. The Balaban J connectivity index is 2.17. The van der Waals surface area contributed by atoms with E-state index in [4.69, 9.17) is 4.89 Å². The molecule has 61 valence electrons. The number of rotatable bonds is 1. The van der Waals surface area contributed by atoms with E-state index in [-0.39, 0.29) is 5.82 Å². The smallest absolute Gasteiger partial charge is 0.310 e. The Kier molecular flexibility index (Phi) is 2.06. The second-order valence-electron chi connectivity index (χ2n) is 2.69. The van der Waals surface area contributed by atoms with E-state index in [2.05, 4.69) is 14.8 Å². The third kappa shape index (κ3) is 1.46. The molecule has 1 aromatic heterocycles. The molecule has 0 N–H and O–H groups in total. The van der Waals surface area contributed by atoms with Crippen LogP contribution in [0.3, 0.4) is 0 Å². The predicted octanol–water partition coefficient (Wildman–Crippen LogP) is 0.407. The summed E-state index contributed by atoms with van der Waals surface area (Å²) in [5, 5.41) is 0. The maximum Gasteiger partial charge on any atom is 0.354 e. The minimum Gasteiger partial charge on any atom is -0.310 e. The molecule has 1 atom stereocenters. The van der Waals surface area contributed by atoms with Crippen molar-refractivity contribution >= 4 is 7.48 Å². The fraction of sp³-hybridized carbons (Fsp3) is 0.429. The van der Waals surface area contributed by atoms with Crippen molar-refractivity contribution in [1.82, 2.24) is 9.97 Å². The SMILES string of the molecule is Cc1ncc(C2[B]OOC2)cn1. The largest absolute Gasteiger partial charge is 0.354 e. The number of hydrogen-bond donors (Lipinski definition) is 0. The number of nitrogens with zero attached hydrogens (tertiary/aromatic N) is 2. The summed E-state index contributed by atoms with van der Waals surface area (Å²) in [7, 11) is 1.65. The van der Waals surface area contributed by atoms with Crippen molar-refractivity contribution in [3.63, 3.8) is 0 Å². The molecule has 2 rings (SSSR count). The highest BCUT2D eigenvalue weighted by Crippen LogP contribution is 2.17. The molecule has 0 aromatic carbocycles. The Morgan fingerprint density at radius 3 is 2.83 bits per heavy atom. The van der Waals surface area contributed by atoms with Gasteiger partial charge in [-0.2, -0.15) is 0 Å². The fourth-order valence-electron chi connectivity index (χ4n) is 1.03. The first-order valence-corrected chi connectivity index (χ1v) is 3.76. The Morgan fingerprint density at radius 2 is 2.25 bits per heavy atom. The van der Waals surface area contributed by atoms with Crippen LogP contribution in [0.25, 0.3) is 0 Å². The van der Waals surface area contributed by atoms with Gasteiger partial charge < -0.3 is 4.81 Å². The third-order valence-corrected chi connectivity index (χ3v) is 1.76. The van der Waals surface area contributed by atoms with Gasteiger partial charge in [-0.05, 0) is 12.5 Å². The molecule has 0 amide bonds. The molecule has 4 nitrogen and oxygen atoms in total. The Hall–Kier alpha value is -0.935. The lowest BCUT2D eigenvalue weighted by Gasteiger charge is -2.02. The van der Waals surface area contributed by atoms with E-state index < -0.39 is 0 Å². The topological polar surface area (TPSA) is 44.2 Å². The molecular formula is C7H8BN2O2. The first-order chi connectivity index (χ1) is 5.86. The van der Waals surface area contributed by atoms with Crippen molar-refractivity contribution < 1.29 is 9.69 Å². The monoisotopic (exact) mass is 163 g/mol. The molecular weight excluding hydrogens is 155 g/mol. The van der Waals surface area contributed by atoms with E-state index in [0.29, 0.717) is 6.61 Å². The quantitative estimate of drug-likeness (QED) is 0.444. The van der Waals surface area contributed by atoms with Gasteiger partial charge in [0.25, 0.3) is 0 Å². The molecule has 0 spiro atoms. The van der Waals surface area contributed by atoms with Crippen molar-refractivity contribution in [3.8, 4) is 0 Å². The molecule has 0 aliphatic carbocycles.